The van der Waals surface area contributed by atoms with E-state index in [1.54, 1.807) is 9.80 Å². The van der Waals surface area contributed by atoms with E-state index in [1.807, 2.05) is 13.8 Å². The van der Waals surface area contributed by atoms with Crippen LogP contribution < -0.4 is 5.32 Å². The Bertz CT molecular complexity index is 454. The normalized spacial score (nSPS) is 26.9. The number of carbonyl (C=O) groups excluding carboxylic acids is 2. The number of urea groups is 1. The summed E-state index contributed by atoms with van der Waals surface area (Å²) < 4.78 is 0. The van der Waals surface area contributed by atoms with Crippen LogP contribution in [0.4, 0.5) is 4.79 Å². The number of likely N-dealkylation sites (tertiary alicyclic amines) is 2. The summed E-state index contributed by atoms with van der Waals surface area (Å²) in [6, 6.07) is -0.382. The van der Waals surface area contributed by atoms with Gasteiger partial charge in [-0.05, 0) is 25.7 Å². The molecule has 0 aromatic carbocycles. The molecular weight excluding hydrogens is 286 g/mol. The minimum atomic E-state index is -0.847. The average Bonchev–Trinajstić information content (AvgIpc) is 2.83. The second-order valence-electron chi connectivity index (χ2n) is 6.57. The Morgan fingerprint density at radius 1 is 1.41 bits per heavy atom. The van der Waals surface area contributed by atoms with Crippen molar-refractivity contribution in [1.29, 1.82) is 0 Å². The molecule has 0 saturated carbocycles. The molecular formula is C15H25N3O4. The van der Waals surface area contributed by atoms with Crippen LogP contribution in [0.3, 0.4) is 0 Å². The predicted octanol–water partition coefficient (Wildman–Crippen LogP) is 0.750. The third-order valence-corrected chi connectivity index (χ3v) is 4.33. The Labute approximate surface area is 130 Å². The van der Waals surface area contributed by atoms with Gasteiger partial charge in [-0.2, -0.15) is 0 Å². The number of carboxylic acids is 1. The Morgan fingerprint density at radius 2 is 2.14 bits per heavy atom. The van der Waals surface area contributed by atoms with Gasteiger partial charge >= 0.3 is 12.0 Å². The van der Waals surface area contributed by atoms with Crippen LogP contribution in [0.2, 0.25) is 0 Å². The molecule has 0 aromatic heterocycles. The fraction of sp³-hybridized carbons (Fsp3) is 0.800. The lowest BCUT2D eigenvalue weighted by Gasteiger charge is -2.35. The van der Waals surface area contributed by atoms with E-state index in [1.165, 1.54) is 0 Å². The van der Waals surface area contributed by atoms with E-state index >= 15 is 0 Å². The van der Waals surface area contributed by atoms with Crippen LogP contribution in [0.25, 0.3) is 0 Å². The highest BCUT2D eigenvalue weighted by molar-refractivity contribution is 5.79. The Morgan fingerprint density at radius 3 is 2.73 bits per heavy atom. The van der Waals surface area contributed by atoms with Gasteiger partial charge in [0.25, 0.3) is 0 Å². The molecule has 2 aliphatic heterocycles. The zero-order valence-corrected chi connectivity index (χ0v) is 13.2. The first-order chi connectivity index (χ1) is 10.4. The smallest absolute Gasteiger partial charge is 0.317 e. The van der Waals surface area contributed by atoms with Crippen LogP contribution in [-0.2, 0) is 9.59 Å². The Balaban J connectivity index is 1.85. The van der Waals surface area contributed by atoms with E-state index in [4.69, 9.17) is 5.11 Å². The lowest BCUT2D eigenvalue weighted by Crippen LogP contribution is -2.53. The van der Waals surface area contributed by atoms with Crippen LogP contribution >= 0.6 is 0 Å². The molecule has 0 aliphatic carbocycles. The van der Waals surface area contributed by atoms with Crippen LogP contribution in [-0.4, -0.2) is 65.0 Å². The molecule has 0 aromatic rings. The van der Waals surface area contributed by atoms with E-state index in [0.29, 0.717) is 25.9 Å². The standard InChI is InChI=1S/C15H25N3O4/c1-10-6-12(14(20)21)9-18(7-10)15(22)16-11(2)8-17-5-3-4-13(17)19/h10-12H,3-9H2,1-2H3,(H,16,22)(H,20,21). The van der Waals surface area contributed by atoms with Crippen LogP contribution in [0.15, 0.2) is 0 Å². The van der Waals surface area contributed by atoms with E-state index in [-0.39, 0.29) is 30.4 Å². The van der Waals surface area contributed by atoms with Gasteiger partial charge in [0.05, 0.1) is 5.92 Å². The number of carboxylic acid groups (broad SMARTS) is 1. The predicted molar refractivity (Wildman–Crippen MR) is 80.3 cm³/mol. The van der Waals surface area contributed by atoms with E-state index < -0.39 is 11.9 Å². The van der Waals surface area contributed by atoms with Crippen molar-refractivity contribution >= 4 is 17.9 Å². The lowest BCUT2D eigenvalue weighted by molar-refractivity contribution is -0.143. The third-order valence-electron chi connectivity index (χ3n) is 4.33. The molecule has 124 valence electrons. The number of hydrogen-bond acceptors (Lipinski definition) is 3. The maximum absolute atomic E-state index is 12.3. The van der Waals surface area contributed by atoms with E-state index in [9.17, 15) is 14.4 Å². The van der Waals surface area contributed by atoms with E-state index in [2.05, 4.69) is 5.32 Å². The summed E-state index contributed by atoms with van der Waals surface area (Å²) >= 11 is 0. The van der Waals surface area contributed by atoms with Gasteiger partial charge in [-0.15, -0.1) is 0 Å². The van der Waals surface area contributed by atoms with Gasteiger partial charge in [0.15, 0.2) is 0 Å². The molecule has 2 saturated heterocycles. The number of rotatable bonds is 4. The van der Waals surface area contributed by atoms with E-state index in [0.717, 1.165) is 13.0 Å². The summed E-state index contributed by atoms with van der Waals surface area (Å²) in [4.78, 5) is 38.4. The first-order valence-electron chi connectivity index (χ1n) is 7.92. The summed E-state index contributed by atoms with van der Waals surface area (Å²) in [6.07, 6.45) is 2.07. The van der Waals surface area contributed by atoms with Gasteiger partial charge in [0.2, 0.25) is 5.91 Å². The van der Waals surface area contributed by atoms with Crippen molar-refractivity contribution in [3.8, 4) is 0 Å². The Hall–Kier alpha value is -1.79. The largest absolute Gasteiger partial charge is 0.481 e. The SMILES string of the molecule is CC1CC(C(=O)O)CN(C(=O)NC(C)CN2CCCC2=O)C1. The van der Waals surface area contributed by atoms with Crippen LogP contribution in [0.1, 0.15) is 33.1 Å². The van der Waals surface area contributed by atoms with Crippen molar-refractivity contribution in [3.63, 3.8) is 0 Å². The molecule has 2 fully saturated rings. The number of nitrogens with zero attached hydrogens (tertiary/aromatic N) is 2. The molecule has 0 radical (unpaired) electrons. The number of piperidine rings is 1. The molecule has 2 rings (SSSR count). The topological polar surface area (TPSA) is 89.9 Å². The molecule has 2 heterocycles. The lowest BCUT2D eigenvalue weighted by atomic mass is 9.91. The van der Waals surface area contributed by atoms with Crippen molar-refractivity contribution in [2.75, 3.05) is 26.2 Å². The quantitative estimate of drug-likeness (QED) is 0.801. The fourth-order valence-electron chi connectivity index (χ4n) is 3.27. The highest BCUT2D eigenvalue weighted by Gasteiger charge is 2.32. The highest BCUT2D eigenvalue weighted by Crippen LogP contribution is 2.21. The molecule has 3 atom stereocenters. The number of nitrogens with one attached hydrogen (secondary N) is 1. The minimum absolute atomic E-state index is 0.138. The third kappa shape index (κ3) is 4.11. The average molecular weight is 311 g/mol. The van der Waals surface area contributed by atoms with Gasteiger partial charge in [0, 0.05) is 38.6 Å². The summed E-state index contributed by atoms with van der Waals surface area (Å²) in [7, 11) is 0. The monoisotopic (exact) mass is 311 g/mol. The van der Waals surface area contributed by atoms with Gasteiger partial charge in [0.1, 0.15) is 0 Å². The second-order valence-corrected chi connectivity index (χ2v) is 6.57. The summed E-state index contributed by atoms with van der Waals surface area (Å²) in [6.45, 7) is 5.91. The Kier molecular flexibility index (Phi) is 5.26. The zero-order valence-electron chi connectivity index (χ0n) is 13.2. The van der Waals surface area contributed by atoms with Gasteiger partial charge in [-0.25, -0.2) is 4.79 Å². The maximum atomic E-state index is 12.3. The van der Waals surface area contributed by atoms with Gasteiger partial charge < -0.3 is 20.2 Å². The van der Waals surface area contributed by atoms with Crippen LogP contribution in [0.5, 0.6) is 0 Å². The number of aliphatic carboxylic acids is 1. The maximum Gasteiger partial charge on any atom is 0.317 e. The first-order valence-corrected chi connectivity index (χ1v) is 7.92. The van der Waals surface area contributed by atoms with Crippen molar-refractivity contribution in [3.05, 3.63) is 0 Å². The number of amides is 3. The number of hydrogen-bond donors (Lipinski definition) is 2. The van der Waals surface area contributed by atoms with Crippen molar-refractivity contribution in [2.45, 2.75) is 39.2 Å². The molecule has 3 amide bonds. The molecule has 22 heavy (non-hydrogen) atoms. The van der Waals surface area contributed by atoms with Gasteiger partial charge in [-0.3, -0.25) is 9.59 Å². The summed E-state index contributed by atoms with van der Waals surface area (Å²) in [5, 5.41) is 12.0. The second kappa shape index (κ2) is 6.98. The molecule has 7 heteroatoms. The molecule has 0 spiro atoms. The molecule has 0 bridgehead atoms. The van der Waals surface area contributed by atoms with Crippen molar-refractivity contribution in [2.24, 2.45) is 11.8 Å². The fourth-order valence-corrected chi connectivity index (χ4v) is 3.27. The van der Waals surface area contributed by atoms with Crippen molar-refractivity contribution in [1.82, 2.24) is 15.1 Å². The molecule has 7 nitrogen and oxygen atoms in total. The molecule has 2 N–H and O–H groups in total. The zero-order chi connectivity index (χ0) is 16.3. The van der Waals surface area contributed by atoms with Gasteiger partial charge in [-0.1, -0.05) is 6.92 Å². The summed E-state index contributed by atoms with van der Waals surface area (Å²) in [5.74, 6) is -1.03. The minimum Gasteiger partial charge on any atom is -0.481 e. The number of carbonyl (C=O) groups is 3. The molecule has 2 aliphatic rings. The highest BCUT2D eigenvalue weighted by atomic mass is 16.4. The first kappa shape index (κ1) is 16.6. The van der Waals surface area contributed by atoms with Crippen molar-refractivity contribution < 1.29 is 19.5 Å². The molecule has 3 unspecified atom stereocenters. The summed E-state index contributed by atoms with van der Waals surface area (Å²) in [5.41, 5.74) is 0. The van der Waals surface area contributed by atoms with Crippen LogP contribution in [0, 0.1) is 11.8 Å².